The lowest BCUT2D eigenvalue weighted by Crippen LogP contribution is -2.43. The van der Waals surface area contributed by atoms with Gasteiger partial charge in [-0.3, -0.25) is 9.48 Å². The highest BCUT2D eigenvalue weighted by molar-refractivity contribution is 5.99. The molecule has 1 aliphatic rings. The third-order valence-corrected chi connectivity index (χ3v) is 6.03. The number of anilines is 1. The number of ether oxygens (including phenoxy) is 1. The summed E-state index contributed by atoms with van der Waals surface area (Å²) in [5, 5.41) is 18.7. The number of hydrogen-bond acceptors (Lipinski definition) is 5. The minimum absolute atomic E-state index is 0.0682. The van der Waals surface area contributed by atoms with Gasteiger partial charge in [0.2, 0.25) is 5.91 Å². The zero-order valence-electron chi connectivity index (χ0n) is 19.0. The van der Waals surface area contributed by atoms with E-state index in [-0.39, 0.29) is 17.9 Å². The van der Waals surface area contributed by atoms with Gasteiger partial charge in [-0.25, -0.2) is 0 Å². The number of allylic oxidation sites excluding steroid dienone is 1. The van der Waals surface area contributed by atoms with E-state index in [0.29, 0.717) is 18.7 Å². The molecule has 4 rings (SSSR count). The highest BCUT2D eigenvalue weighted by Crippen LogP contribution is 2.29. The van der Waals surface area contributed by atoms with Crippen LogP contribution in [0.1, 0.15) is 48.8 Å². The molecule has 3 atom stereocenters. The van der Waals surface area contributed by atoms with Crippen LogP contribution in [0.2, 0.25) is 0 Å². The molecular weight excluding hydrogens is 416 g/mol. The quantitative estimate of drug-likeness (QED) is 0.375. The number of aryl methyl sites for hydroxylation is 1. The maximum Gasteiger partial charge on any atom is 0.228 e. The van der Waals surface area contributed by atoms with Crippen molar-refractivity contribution < 1.29 is 14.6 Å². The average Bonchev–Trinajstić information content (AvgIpc) is 3.31. The lowest BCUT2D eigenvalue weighted by Gasteiger charge is -2.31. The van der Waals surface area contributed by atoms with Crippen molar-refractivity contribution in [2.45, 2.75) is 38.5 Å². The number of hydrogen-bond donors (Lipinski definition) is 1. The van der Waals surface area contributed by atoms with E-state index in [1.165, 1.54) is 0 Å². The lowest BCUT2D eigenvalue weighted by molar-refractivity contribution is -0.122. The minimum atomic E-state index is -0.774. The lowest BCUT2D eigenvalue weighted by atomic mass is 9.96. The molecule has 0 unspecified atom stereocenters. The van der Waals surface area contributed by atoms with Gasteiger partial charge in [-0.1, -0.05) is 66.8 Å². The smallest absolute Gasteiger partial charge is 0.228 e. The van der Waals surface area contributed by atoms with Gasteiger partial charge in [-0.05, 0) is 29.7 Å². The van der Waals surface area contributed by atoms with Gasteiger partial charge in [0.15, 0.2) is 0 Å². The molecule has 1 amide bonds. The van der Waals surface area contributed by atoms with Crippen LogP contribution >= 0.6 is 0 Å². The maximum absolute atomic E-state index is 11.6. The van der Waals surface area contributed by atoms with Crippen LogP contribution in [0, 0.1) is 5.92 Å². The van der Waals surface area contributed by atoms with Crippen molar-refractivity contribution in [3.05, 3.63) is 89.8 Å². The number of β-lactam (4-membered cyclic amide) rings is 1. The van der Waals surface area contributed by atoms with E-state index in [1.807, 2.05) is 54.6 Å². The Balaban J connectivity index is 1.30. The Labute approximate surface area is 194 Å². The minimum Gasteiger partial charge on any atom is -0.382 e. The van der Waals surface area contributed by atoms with Crippen LogP contribution in [-0.2, 0) is 16.1 Å². The fourth-order valence-corrected chi connectivity index (χ4v) is 4.06. The predicted molar refractivity (Wildman–Crippen MR) is 127 cm³/mol. The summed E-state index contributed by atoms with van der Waals surface area (Å²) in [4.78, 5) is 13.4. The Hall–Kier alpha value is -3.29. The highest BCUT2D eigenvalue weighted by Gasteiger charge is 2.25. The normalized spacial score (nSPS) is 16.6. The van der Waals surface area contributed by atoms with Crippen LogP contribution in [0.15, 0.2) is 72.9 Å². The molecule has 0 saturated carbocycles. The molecule has 1 aliphatic heterocycles. The average molecular weight is 447 g/mol. The zero-order chi connectivity index (χ0) is 23.2. The van der Waals surface area contributed by atoms with Crippen LogP contribution in [0.4, 0.5) is 5.69 Å². The van der Waals surface area contributed by atoms with Gasteiger partial charge in [0.1, 0.15) is 11.8 Å². The molecule has 0 aliphatic carbocycles. The molecular formula is C26H30N4O3. The van der Waals surface area contributed by atoms with E-state index >= 15 is 0 Å². The number of nitrogens with zero attached hydrogens (tertiary/aromatic N) is 4. The zero-order valence-corrected chi connectivity index (χ0v) is 19.0. The Morgan fingerprint density at radius 1 is 1.12 bits per heavy atom. The first-order valence-electron chi connectivity index (χ1n) is 11.3. The second-order valence-corrected chi connectivity index (χ2v) is 8.34. The Bertz CT molecular complexity index is 1080. The predicted octanol–water partition coefficient (Wildman–Crippen LogP) is 4.07. The van der Waals surface area contributed by atoms with E-state index in [9.17, 15) is 9.90 Å². The molecule has 7 heteroatoms. The summed E-state index contributed by atoms with van der Waals surface area (Å²) in [6.07, 6.45) is 6.65. The summed E-state index contributed by atoms with van der Waals surface area (Å²) in [5.74, 6) is 0.356. The van der Waals surface area contributed by atoms with Crippen molar-refractivity contribution in [1.82, 2.24) is 15.0 Å². The summed E-state index contributed by atoms with van der Waals surface area (Å²) in [6.45, 7) is 3.60. The topological polar surface area (TPSA) is 80.5 Å². The molecule has 1 aromatic heterocycles. The van der Waals surface area contributed by atoms with Crippen molar-refractivity contribution in [2.24, 2.45) is 5.92 Å². The third kappa shape index (κ3) is 5.38. The van der Waals surface area contributed by atoms with Crippen molar-refractivity contribution in [1.29, 1.82) is 0 Å². The molecule has 0 spiro atoms. The second kappa shape index (κ2) is 10.6. The highest BCUT2D eigenvalue weighted by atomic mass is 16.5. The molecule has 1 fully saturated rings. The first-order chi connectivity index (χ1) is 16.1. The maximum atomic E-state index is 11.6. The molecule has 172 valence electrons. The SMILES string of the molecule is CO[C@@H](c1ccc(N2CCC2=O)cc1)[C@@H](C)/C=C/CCn1cc([C@H](O)c2ccccc2)nn1. The number of aromatic nitrogens is 3. The fraction of sp³-hybridized carbons (Fsp3) is 0.346. The van der Waals surface area contributed by atoms with E-state index in [4.69, 9.17) is 4.74 Å². The van der Waals surface area contributed by atoms with Gasteiger partial charge in [-0.15, -0.1) is 5.10 Å². The Kier molecular flexibility index (Phi) is 7.32. The van der Waals surface area contributed by atoms with Gasteiger partial charge >= 0.3 is 0 Å². The number of amides is 1. The number of rotatable bonds is 10. The van der Waals surface area contributed by atoms with Gasteiger partial charge < -0.3 is 14.7 Å². The van der Waals surface area contributed by atoms with Crippen molar-refractivity contribution in [3.8, 4) is 0 Å². The molecule has 2 heterocycles. The summed E-state index contributed by atoms with van der Waals surface area (Å²) in [6, 6.07) is 17.5. The summed E-state index contributed by atoms with van der Waals surface area (Å²) in [7, 11) is 1.72. The van der Waals surface area contributed by atoms with E-state index < -0.39 is 6.10 Å². The largest absolute Gasteiger partial charge is 0.382 e. The molecule has 0 bridgehead atoms. The number of aliphatic hydroxyl groups is 1. The second-order valence-electron chi connectivity index (χ2n) is 8.34. The van der Waals surface area contributed by atoms with Crippen LogP contribution in [0.5, 0.6) is 0 Å². The van der Waals surface area contributed by atoms with Crippen LogP contribution in [0.25, 0.3) is 0 Å². The van der Waals surface area contributed by atoms with E-state index in [1.54, 1.807) is 22.9 Å². The summed E-state index contributed by atoms with van der Waals surface area (Å²) in [5.41, 5.74) is 3.37. The van der Waals surface area contributed by atoms with Crippen LogP contribution < -0.4 is 4.90 Å². The van der Waals surface area contributed by atoms with Crippen molar-refractivity contribution >= 4 is 11.6 Å². The number of benzene rings is 2. The number of methoxy groups -OCH3 is 1. The molecule has 3 aromatic rings. The van der Waals surface area contributed by atoms with Gasteiger partial charge in [0, 0.05) is 38.2 Å². The first kappa shape index (κ1) is 22.9. The van der Waals surface area contributed by atoms with Crippen LogP contribution in [-0.4, -0.2) is 39.7 Å². The number of aliphatic hydroxyl groups excluding tert-OH is 1. The molecule has 1 saturated heterocycles. The van der Waals surface area contributed by atoms with Crippen molar-refractivity contribution in [3.63, 3.8) is 0 Å². The summed E-state index contributed by atoms with van der Waals surface area (Å²) >= 11 is 0. The third-order valence-electron chi connectivity index (χ3n) is 6.03. The molecule has 33 heavy (non-hydrogen) atoms. The van der Waals surface area contributed by atoms with Crippen LogP contribution in [0.3, 0.4) is 0 Å². The standard InChI is InChI=1S/C26H30N4O3/c1-19(26(33-2)21-11-13-22(14-12-21)30-17-15-24(30)31)8-6-7-16-29-18-23(27-28-29)25(32)20-9-4-3-5-10-20/h3-6,8-14,18-19,25-26,32H,7,15-17H2,1-2H3/b8-6+/t19-,25+,26+/m0/s1. The Morgan fingerprint density at radius 2 is 1.88 bits per heavy atom. The van der Waals surface area contributed by atoms with Gasteiger partial charge in [0.05, 0.1) is 12.3 Å². The fourth-order valence-electron chi connectivity index (χ4n) is 4.06. The first-order valence-corrected chi connectivity index (χ1v) is 11.3. The summed E-state index contributed by atoms with van der Waals surface area (Å²) < 4.78 is 7.51. The van der Waals surface area contributed by atoms with E-state index in [2.05, 4.69) is 29.4 Å². The monoisotopic (exact) mass is 446 g/mol. The molecule has 1 N–H and O–H groups in total. The Morgan fingerprint density at radius 3 is 2.52 bits per heavy atom. The molecule has 2 aromatic carbocycles. The molecule has 0 radical (unpaired) electrons. The number of carbonyl (C=O) groups is 1. The molecule has 7 nitrogen and oxygen atoms in total. The van der Waals surface area contributed by atoms with Crippen molar-refractivity contribution in [2.75, 3.05) is 18.6 Å². The number of carbonyl (C=O) groups excluding carboxylic acids is 1. The van der Waals surface area contributed by atoms with Gasteiger partial charge in [0.25, 0.3) is 0 Å². The van der Waals surface area contributed by atoms with E-state index in [0.717, 1.165) is 29.8 Å². The van der Waals surface area contributed by atoms with Gasteiger partial charge in [-0.2, -0.15) is 0 Å².